The van der Waals surface area contributed by atoms with Crippen molar-refractivity contribution in [2.45, 2.75) is 0 Å². The van der Waals surface area contributed by atoms with Crippen molar-refractivity contribution < 1.29 is 26.7 Å². The van der Waals surface area contributed by atoms with Crippen LogP contribution in [-0.4, -0.2) is 5.78 Å². The van der Waals surface area contributed by atoms with Crippen molar-refractivity contribution >= 4 is 38.1 Å². The van der Waals surface area contributed by atoms with Crippen LogP contribution >= 0.6 is 0 Å². The second kappa shape index (κ2) is 5.98. The first-order valence-electron chi connectivity index (χ1n) is 8.63. The lowest BCUT2D eigenvalue weighted by atomic mass is 9.89. The van der Waals surface area contributed by atoms with Gasteiger partial charge in [0, 0.05) is 5.56 Å². The van der Waals surface area contributed by atoms with Gasteiger partial charge in [-0.05, 0) is 38.4 Å². The molecular formula is C23H9F5O. The Morgan fingerprint density at radius 3 is 1.66 bits per heavy atom. The van der Waals surface area contributed by atoms with Gasteiger partial charge in [-0.2, -0.15) is 0 Å². The summed E-state index contributed by atoms with van der Waals surface area (Å²) >= 11 is 0. The van der Waals surface area contributed by atoms with Crippen LogP contribution in [0, 0.1) is 29.1 Å². The molecule has 0 aromatic heterocycles. The fourth-order valence-corrected chi connectivity index (χ4v) is 3.87. The first-order chi connectivity index (χ1) is 13.9. The van der Waals surface area contributed by atoms with Crippen molar-refractivity contribution in [3.05, 3.63) is 94.8 Å². The molecule has 0 atom stereocenters. The quantitative estimate of drug-likeness (QED) is 0.109. The zero-order valence-electron chi connectivity index (χ0n) is 14.5. The minimum Gasteiger partial charge on any atom is -0.288 e. The normalized spacial score (nSPS) is 11.8. The number of carbonyl (C=O) groups is 1. The summed E-state index contributed by atoms with van der Waals surface area (Å²) in [5, 5.41) is 4.52. The molecule has 5 aromatic rings. The van der Waals surface area contributed by atoms with E-state index in [4.69, 9.17) is 0 Å². The summed E-state index contributed by atoms with van der Waals surface area (Å²) in [5.41, 5.74) is -1.60. The van der Waals surface area contributed by atoms with Crippen LogP contribution in [0.4, 0.5) is 22.0 Å². The van der Waals surface area contributed by atoms with E-state index in [0.717, 1.165) is 21.5 Å². The molecule has 29 heavy (non-hydrogen) atoms. The molecule has 0 aliphatic carbocycles. The number of benzene rings is 5. The van der Waals surface area contributed by atoms with Gasteiger partial charge in [-0.1, -0.05) is 48.5 Å². The summed E-state index contributed by atoms with van der Waals surface area (Å²) < 4.78 is 68.9. The molecule has 5 aromatic carbocycles. The third-order valence-corrected chi connectivity index (χ3v) is 5.21. The van der Waals surface area contributed by atoms with E-state index in [0.29, 0.717) is 10.8 Å². The summed E-state index contributed by atoms with van der Waals surface area (Å²) in [6.07, 6.45) is 0. The van der Waals surface area contributed by atoms with Gasteiger partial charge >= 0.3 is 0 Å². The maximum absolute atomic E-state index is 14.2. The van der Waals surface area contributed by atoms with Gasteiger partial charge in [0.15, 0.2) is 29.1 Å². The van der Waals surface area contributed by atoms with E-state index in [9.17, 15) is 26.7 Å². The number of carbonyl (C=O) groups excluding carboxylic acids is 1. The second-order valence-electron chi connectivity index (χ2n) is 6.74. The van der Waals surface area contributed by atoms with Gasteiger partial charge in [-0.15, -0.1) is 0 Å². The molecular weight excluding hydrogens is 387 g/mol. The number of halogens is 5. The third kappa shape index (κ3) is 2.29. The topological polar surface area (TPSA) is 17.1 Å². The predicted octanol–water partition coefficient (Wildman–Crippen LogP) is 6.51. The molecule has 0 aliphatic heterocycles. The fourth-order valence-electron chi connectivity index (χ4n) is 3.87. The Balaban J connectivity index is 1.86. The van der Waals surface area contributed by atoms with E-state index in [1.807, 2.05) is 30.3 Å². The first-order valence-corrected chi connectivity index (χ1v) is 8.63. The van der Waals surface area contributed by atoms with Gasteiger partial charge in [-0.25, -0.2) is 22.0 Å². The highest BCUT2D eigenvalue weighted by Gasteiger charge is 2.31. The minimum atomic E-state index is -2.30. The Bertz CT molecular complexity index is 1430. The SMILES string of the molecule is O=C(c1c(F)c(F)c(F)c(F)c1F)c1ccc2ccc3cccc4ccc1c2c34. The molecule has 0 radical (unpaired) electrons. The molecule has 0 N–H and O–H groups in total. The van der Waals surface area contributed by atoms with E-state index in [-0.39, 0.29) is 5.56 Å². The molecule has 1 nitrogen and oxygen atoms in total. The summed E-state index contributed by atoms with van der Waals surface area (Å²) in [4.78, 5) is 12.9. The van der Waals surface area contributed by atoms with Gasteiger partial charge in [0.05, 0.1) is 0 Å². The van der Waals surface area contributed by atoms with Gasteiger partial charge < -0.3 is 0 Å². The molecule has 0 unspecified atom stereocenters. The number of hydrogen-bond donors (Lipinski definition) is 0. The van der Waals surface area contributed by atoms with Crippen LogP contribution in [0.5, 0.6) is 0 Å². The van der Waals surface area contributed by atoms with Crippen LogP contribution in [0.2, 0.25) is 0 Å². The van der Waals surface area contributed by atoms with Crippen molar-refractivity contribution in [2.75, 3.05) is 0 Å². The average Bonchev–Trinajstić information content (AvgIpc) is 2.74. The molecule has 5 rings (SSSR count). The molecule has 0 fully saturated rings. The largest absolute Gasteiger partial charge is 0.288 e. The van der Waals surface area contributed by atoms with Crippen molar-refractivity contribution in [1.82, 2.24) is 0 Å². The highest BCUT2D eigenvalue weighted by atomic mass is 19.2. The Kier molecular flexibility index (Phi) is 3.62. The van der Waals surface area contributed by atoms with E-state index in [1.54, 1.807) is 18.2 Å². The van der Waals surface area contributed by atoms with E-state index >= 15 is 0 Å². The highest BCUT2D eigenvalue weighted by molar-refractivity contribution is 6.28. The minimum absolute atomic E-state index is 0.140. The zero-order valence-corrected chi connectivity index (χ0v) is 14.5. The molecule has 0 bridgehead atoms. The summed E-state index contributed by atoms with van der Waals surface area (Å²) in [5.74, 6) is -12.1. The smallest absolute Gasteiger partial charge is 0.200 e. The van der Waals surface area contributed by atoms with Gasteiger partial charge in [0.2, 0.25) is 5.82 Å². The summed E-state index contributed by atoms with van der Waals surface area (Å²) in [7, 11) is 0. The fraction of sp³-hybridized carbons (Fsp3) is 0. The third-order valence-electron chi connectivity index (χ3n) is 5.21. The molecule has 0 heterocycles. The van der Waals surface area contributed by atoms with E-state index in [1.165, 1.54) is 6.07 Å². The lowest BCUT2D eigenvalue weighted by molar-refractivity contribution is 0.102. The van der Waals surface area contributed by atoms with Gasteiger partial charge in [-0.3, -0.25) is 4.79 Å². The van der Waals surface area contributed by atoms with E-state index in [2.05, 4.69) is 0 Å². The standard InChI is InChI=1S/C23H9F5O/c24-18-17(19(25)21(27)22(28)20(18)26)23(29)14-9-7-12-5-4-10-2-1-3-11-6-8-13(14)16(12)15(10)11/h1-9H. The van der Waals surface area contributed by atoms with Crippen LogP contribution in [0.15, 0.2) is 54.6 Å². The zero-order chi connectivity index (χ0) is 20.4. The number of ketones is 1. The lowest BCUT2D eigenvalue weighted by Crippen LogP contribution is -2.14. The predicted molar refractivity (Wildman–Crippen MR) is 99.8 cm³/mol. The highest BCUT2D eigenvalue weighted by Crippen LogP contribution is 2.37. The van der Waals surface area contributed by atoms with Crippen molar-refractivity contribution in [3.8, 4) is 0 Å². The van der Waals surface area contributed by atoms with Gasteiger partial charge in [0.25, 0.3) is 0 Å². The molecule has 0 spiro atoms. The van der Waals surface area contributed by atoms with Crippen molar-refractivity contribution in [1.29, 1.82) is 0 Å². The van der Waals surface area contributed by atoms with E-state index < -0.39 is 40.4 Å². The van der Waals surface area contributed by atoms with Crippen molar-refractivity contribution in [3.63, 3.8) is 0 Å². The molecule has 0 saturated carbocycles. The summed E-state index contributed by atoms with van der Waals surface area (Å²) in [6.45, 7) is 0. The van der Waals surface area contributed by atoms with Crippen molar-refractivity contribution in [2.24, 2.45) is 0 Å². The molecule has 142 valence electrons. The Morgan fingerprint density at radius 1 is 0.552 bits per heavy atom. The maximum Gasteiger partial charge on any atom is 0.200 e. The number of hydrogen-bond acceptors (Lipinski definition) is 1. The van der Waals surface area contributed by atoms with Crippen LogP contribution in [0.1, 0.15) is 15.9 Å². The lowest BCUT2D eigenvalue weighted by Gasteiger charge is -2.14. The summed E-state index contributed by atoms with van der Waals surface area (Å²) in [6, 6.07) is 15.7. The average molecular weight is 396 g/mol. The first kappa shape index (κ1) is 17.6. The Hall–Kier alpha value is -3.54. The molecule has 0 aliphatic rings. The van der Waals surface area contributed by atoms with Gasteiger partial charge in [0.1, 0.15) is 5.56 Å². The molecule has 0 saturated heterocycles. The van der Waals surface area contributed by atoms with Crippen LogP contribution < -0.4 is 0 Å². The van der Waals surface area contributed by atoms with Crippen LogP contribution in [0.3, 0.4) is 0 Å². The Morgan fingerprint density at radius 2 is 1.03 bits per heavy atom. The second-order valence-corrected chi connectivity index (χ2v) is 6.74. The molecule has 0 amide bonds. The van der Waals surface area contributed by atoms with Crippen LogP contribution in [-0.2, 0) is 0 Å². The maximum atomic E-state index is 14.2. The van der Waals surface area contributed by atoms with Crippen LogP contribution in [0.25, 0.3) is 32.3 Å². The monoisotopic (exact) mass is 396 g/mol. The molecule has 6 heteroatoms. The Labute approximate surface area is 160 Å². The number of rotatable bonds is 2.